The van der Waals surface area contributed by atoms with E-state index in [2.05, 4.69) is 5.32 Å². The van der Waals surface area contributed by atoms with Gasteiger partial charge in [0.1, 0.15) is 17.1 Å². The molecule has 0 aliphatic rings. The van der Waals surface area contributed by atoms with E-state index in [0.29, 0.717) is 33.7 Å². The third-order valence-corrected chi connectivity index (χ3v) is 5.78. The van der Waals surface area contributed by atoms with E-state index >= 15 is 0 Å². The Morgan fingerprint density at radius 2 is 1.49 bits per heavy atom. The molecule has 1 aromatic heterocycles. The van der Waals surface area contributed by atoms with Crippen molar-refractivity contribution < 1.29 is 18.7 Å². The topological polar surface area (TPSA) is 77.8 Å². The zero-order valence-electron chi connectivity index (χ0n) is 20.5. The average Bonchev–Trinajstić information content (AvgIpc) is 2.90. The number of fused-ring (bicyclic) bond motifs is 1. The lowest BCUT2D eigenvalue weighted by molar-refractivity contribution is -0.118. The lowest BCUT2D eigenvalue weighted by Crippen LogP contribution is -2.22. The fraction of sp³-hybridized carbons (Fsp3) is 0.0968. The summed E-state index contributed by atoms with van der Waals surface area (Å²) in [5.74, 6) is 1.25. The highest BCUT2D eigenvalue weighted by molar-refractivity contribution is 5.92. The van der Waals surface area contributed by atoms with Gasteiger partial charge in [0, 0.05) is 11.3 Å². The van der Waals surface area contributed by atoms with Gasteiger partial charge in [0.15, 0.2) is 12.4 Å². The van der Waals surface area contributed by atoms with Gasteiger partial charge in [-0.1, -0.05) is 54.1 Å². The molecule has 184 valence electrons. The van der Waals surface area contributed by atoms with E-state index < -0.39 is 5.91 Å². The molecule has 1 amide bonds. The normalized spacial score (nSPS) is 10.8. The molecule has 37 heavy (non-hydrogen) atoms. The molecule has 6 heteroatoms. The van der Waals surface area contributed by atoms with Crippen LogP contribution in [0.3, 0.4) is 0 Å². The minimum absolute atomic E-state index is 0.00182. The Morgan fingerprint density at radius 3 is 2.22 bits per heavy atom. The van der Waals surface area contributed by atoms with Crippen LogP contribution in [0.1, 0.15) is 11.1 Å². The monoisotopic (exact) mass is 491 g/mol. The van der Waals surface area contributed by atoms with Crippen LogP contribution in [0.15, 0.2) is 106 Å². The Kier molecular flexibility index (Phi) is 6.72. The lowest BCUT2D eigenvalue weighted by Gasteiger charge is -2.13. The summed E-state index contributed by atoms with van der Waals surface area (Å²) >= 11 is 0. The second-order valence-corrected chi connectivity index (χ2v) is 8.73. The predicted octanol–water partition coefficient (Wildman–Crippen LogP) is 6.89. The van der Waals surface area contributed by atoms with Gasteiger partial charge in [-0.3, -0.25) is 9.59 Å². The average molecular weight is 492 g/mol. The van der Waals surface area contributed by atoms with Crippen LogP contribution in [0.2, 0.25) is 0 Å². The molecule has 0 unspecified atom stereocenters. The number of amides is 1. The Morgan fingerprint density at radius 1 is 0.811 bits per heavy atom. The molecule has 0 saturated heterocycles. The third-order valence-electron chi connectivity index (χ3n) is 5.78. The van der Waals surface area contributed by atoms with Crippen LogP contribution in [0.5, 0.6) is 17.2 Å². The number of nitrogens with one attached hydrogen (secondary N) is 1. The van der Waals surface area contributed by atoms with Gasteiger partial charge in [-0.2, -0.15) is 0 Å². The summed E-state index contributed by atoms with van der Waals surface area (Å²) in [6.45, 7) is 3.55. The van der Waals surface area contributed by atoms with E-state index in [1.165, 1.54) is 0 Å². The van der Waals surface area contributed by atoms with Gasteiger partial charge >= 0.3 is 0 Å². The van der Waals surface area contributed by atoms with Crippen molar-refractivity contribution in [3.8, 4) is 28.6 Å². The van der Waals surface area contributed by atoms with E-state index in [1.54, 1.807) is 30.3 Å². The van der Waals surface area contributed by atoms with Crippen molar-refractivity contribution >= 4 is 22.6 Å². The van der Waals surface area contributed by atoms with Crippen molar-refractivity contribution in [2.75, 3.05) is 11.9 Å². The lowest BCUT2D eigenvalue weighted by atomic mass is 10.1. The third kappa shape index (κ3) is 5.54. The van der Waals surface area contributed by atoms with Crippen LogP contribution in [0, 0.1) is 13.8 Å². The van der Waals surface area contributed by atoms with E-state index in [4.69, 9.17) is 13.9 Å². The first kappa shape index (κ1) is 23.9. The second-order valence-electron chi connectivity index (χ2n) is 8.73. The highest BCUT2D eigenvalue weighted by atomic mass is 16.5. The number of rotatable bonds is 7. The summed E-state index contributed by atoms with van der Waals surface area (Å²) in [6.07, 6.45) is 0. The van der Waals surface area contributed by atoms with Gasteiger partial charge in [-0.15, -0.1) is 0 Å². The summed E-state index contributed by atoms with van der Waals surface area (Å²) in [4.78, 5) is 26.0. The number of para-hydroxylation sites is 1. The first-order chi connectivity index (χ1) is 18.0. The van der Waals surface area contributed by atoms with Gasteiger partial charge in [0.25, 0.3) is 5.91 Å². The quantitative estimate of drug-likeness (QED) is 0.268. The van der Waals surface area contributed by atoms with Crippen LogP contribution < -0.4 is 20.2 Å². The fourth-order valence-corrected chi connectivity index (χ4v) is 3.88. The maximum Gasteiger partial charge on any atom is 0.262 e. The number of carbonyl (C=O) groups excluding carboxylic acids is 1. The number of ether oxygens (including phenoxy) is 2. The van der Waals surface area contributed by atoms with E-state index in [-0.39, 0.29) is 17.8 Å². The molecular formula is C31H25NO5. The van der Waals surface area contributed by atoms with Crippen molar-refractivity contribution in [3.05, 3.63) is 118 Å². The zero-order valence-corrected chi connectivity index (χ0v) is 20.5. The Balaban J connectivity index is 1.34. The highest BCUT2D eigenvalue weighted by Crippen LogP contribution is 2.31. The minimum atomic E-state index is -0.407. The standard InChI is InChI=1S/C31H25NO5/c1-20-8-11-22(12-9-20)30-31(29(34)26-17-10-21(2)18-27(26)37-30)35-19-28(33)32-23-13-15-25(16-14-23)36-24-6-4-3-5-7-24/h3-18H,19H2,1-2H3,(H,32,33). The maximum atomic E-state index is 13.3. The maximum absolute atomic E-state index is 13.3. The number of carbonyl (C=O) groups is 1. The predicted molar refractivity (Wildman–Crippen MR) is 144 cm³/mol. The number of hydrogen-bond donors (Lipinski definition) is 1. The van der Waals surface area contributed by atoms with Crippen LogP contribution in [-0.4, -0.2) is 12.5 Å². The molecule has 4 aromatic carbocycles. The molecule has 0 saturated carbocycles. The minimum Gasteiger partial charge on any atom is -0.476 e. The van der Waals surface area contributed by atoms with E-state index in [9.17, 15) is 9.59 Å². The van der Waals surface area contributed by atoms with E-state index in [0.717, 1.165) is 16.9 Å². The van der Waals surface area contributed by atoms with E-state index in [1.807, 2.05) is 80.6 Å². The Hall–Kier alpha value is -4.84. The van der Waals surface area contributed by atoms with Crippen molar-refractivity contribution in [2.45, 2.75) is 13.8 Å². The molecule has 0 bridgehead atoms. The van der Waals surface area contributed by atoms with Gasteiger partial charge in [-0.05, 0) is 67.9 Å². The molecule has 5 rings (SSSR count). The summed E-state index contributed by atoms with van der Waals surface area (Å²) in [6, 6.07) is 29.4. The summed E-state index contributed by atoms with van der Waals surface area (Å²) < 4.78 is 17.7. The molecule has 0 spiro atoms. The van der Waals surface area contributed by atoms with Gasteiger partial charge in [0.2, 0.25) is 11.2 Å². The molecule has 5 aromatic rings. The van der Waals surface area contributed by atoms with Crippen LogP contribution in [0.4, 0.5) is 5.69 Å². The molecular weight excluding hydrogens is 466 g/mol. The fourth-order valence-electron chi connectivity index (χ4n) is 3.88. The summed E-state index contributed by atoms with van der Waals surface area (Å²) in [5.41, 5.74) is 3.45. The van der Waals surface area contributed by atoms with Crippen LogP contribution >= 0.6 is 0 Å². The van der Waals surface area contributed by atoms with Crippen LogP contribution in [0.25, 0.3) is 22.3 Å². The van der Waals surface area contributed by atoms with Crippen molar-refractivity contribution in [1.29, 1.82) is 0 Å². The molecule has 0 aliphatic heterocycles. The summed E-state index contributed by atoms with van der Waals surface area (Å²) in [7, 11) is 0. The number of benzene rings is 4. The van der Waals surface area contributed by atoms with Gasteiger partial charge in [-0.25, -0.2) is 0 Å². The molecule has 0 atom stereocenters. The molecule has 1 N–H and O–H groups in total. The Labute approximate surface area is 214 Å². The zero-order chi connectivity index (χ0) is 25.8. The molecule has 0 radical (unpaired) electrons. The molecule has 6 nitrogen and oxygen atoms in total. The number of aryl methyl sites for hydroxylation is 2. The summed E-state index contributed by atoms with van der Waals surface area (Å²) in [5, 5.41) is 3.18. The number of anilines is 1. The van der Waals surface area contributed by atoms with Gasteiger partial charge in [0.05, 0.1) is 5.39 Å². The molecule has 0 fully saturated rings. The number of hydrogen-bond acceptors (Lipinski definition) is 5. The van der Waals surface area contributed by atoms with Crippen molar-refractivity contribution in [3.63, 3.8) is 0 Å². The first-order valence-electron chi connectivity index (χ1n) is 11.9. The molecule has 1 heterocycles. The molecule has 0 aliphatic carbocycles. The van der Waals surface area contributed by atoms with Crippen molar-refractivity contribution in [2.24, 2.45) is 0 Å². The Bertz CT molecular complexity index is 1600. The first-order valence-corrected chi connectivity index (χ1v) is 11.9. The largest absolute Gasteiger partial charge is 0.476 e. The second kappa shape index (κ2) is 10.4. The smallest absolute Gasteiger partial charge is 0.262 e. The highest BCUT2D eigenvalue weighted by Gasteiger charge is 2.19. The van der Waals surface area contributed by atoms with Gasteiger partial charge < -0.3 is 19.2 Å². The SMILES string of the molecule is Cc1ccc(-c2oc3cc(C)ccc3c(=O)c2OCC(=O)Nc2ccc(Oc3ccccc3)cc2)cc1. The van der Waals surface area contributed by atoms with Crippen LogP contribution in [-0.2, 0) is 4.79 Å². The van der Waals surface area contributed by atoms with Crippen molar-refractivity contribution in [1.82, 2.24) is 0 Å².